The summed E-state index contributed by atoms with van der Waals surface area (Å²) < 4.78 is 5.55. The third kappa shape index (κ3) is 3.87. The van der Waals surface area contributed by atoms with Crippen LogP contribution in [-0.2, 0) is 0 Å². The molecule has 9 rings (SSSR count). The number of benzene rings is 4. The molecule has 0 aliphatic carbocycles. The average Bonchev–Trinajstić information content (AvgIpc) is 3.76. The maximum absolute atomic E-state index is 6.36. The zero-order valence-corrected chi connectivity index (χ0v) is 25.3. The molecule has 0 fully saturated rings. The molecule has 48 heavy (non-hydrogen) atoms. The van der Waals surface area contributed by atoms with Crippen LogP contribution in [0.2, 0.25) is 0 Å². The molecule has 0 spiro atoms. The monoisotopic (exact) mass is 634 g/mol. The fourth-order valence-electron chi connectivity index (χ4n) is 6.19. The highest BCUT2D eigenvalue weighted by Crippen LogP contribution is 2.40. The van der Waals surface area contributed by atoms with Gasteiger partial charge in [0.25, 0.3) is 0 Å². The van der Waals surface area contributed by atoms with Gasteiger partial charge < -0.3 is 49.1 Å². The van der Waals surface area contributed by atoms with Crippen molar-refractivity contribution in [3.8, 4) is 51.3 Å². The van der Waals surface area contributed by atoms with Crippen molar-refractivity contribution in [2.75, 3.05) is 41.5 Å². The van der Waals surface area contributed by atoms with E-state index in [-0.39, 0.29) is 0 Å². The fourth-order valence-corrected chi connectivity index (χ4v) is 6.19. The van der Waals surface area contributed by atoms with E-state index in [1.807, 2.05) is 12.1 Å². The van der Waals surface area contributed by atoms with Gasteiger partial charge in [-0.3, -0.25) is 0 Å². The number of nitrogens with one attached hydrogen (secondary N) is 2. The number of ether oxygens (including phenoxy) is 1. The zero-order valence-electron chi connectivity index (χ0n) is 25.3. The van der Waals surface area contributed by atoms with E-state index in [1.54, 1.807) is 49.6 Å². The van der Waals surface area contributed by atoms with E-state index in [2.05, 4.69) is 9.97 Å². The van der Waals surface area contributed by atoms with Crippen LogP contribution >= 0.6 is 0 Å². The SMILES string of the molecule is COc1cc2c3nc4nc(nc5[nH]c(nc6nc(nc([nH]3)c2cc1N)-c1cc(N)c(N)cc1-6)c1cc(N)c(N)cc51)-c1cc(N)ccc1-4. The van der Waals surface area contributed by atoms with Gasteiger partial charge in [-0.1, -0.05) is 0 Å². The molecular formula is C33H26N14O. The highest BCUT2D eigenvalue weighted by Gasteiger charge is 2.24. The van der Waals surface area contributed by atoms with Gasteiger partial charge in [-0.25, -0.2) is 29.9 Å². The third-order valence-corrected chi connectivity index (χ3v) is 8.61. The maximum Gasteiger partial charge on any atom is 0.164 e. The summed E-state index contributed by atoms with van der Waals surface area (Å²) in [5, 5.41) is 2.74. The van der Waals surface area contributed by atoms with Gasteiger partial charge in [0, 0.05) is 49.5 Å². The molecule has 0 atom stereocenters. The molecule has 0 unspecified atom stereocenters. The van der Waals surface area contributed by atoms with Gasteiger partial charge in [-0.15, -0.1) is 0 Å². The Morgan fingerprint density at radius 3 is 1.31 bits per heavy atom. The molecule has 7 aromatic rings. The van der Waals surface area contributed by atoms with Gasteiger partial charge in [-0.2, -0.15) is 0 Å². The van der Waals surface area contributed by atoms with Crippen molar-refractivity contribution < 1.29 is 4.74 Å². The van der Waals surface area contributed by atoms with Crippen LogP contribution in [0.15, 0.2) is 54.6 Å². The summed E-state index contributed by atoms with van der Waals surface area (Å²) in [6, 6.07) is 16.0. The van der Waals surface area contributed by atoms with Crippen molar-refractivity contribution in [3.05, 3.63) is 54.6 Å². The van der Waals surface area contributed by atoms with Crippen LogP contribution in [-0.4, -0.2) is 47.0 Å². The fraction of sp³-hybridized carbons (Fsp3) is 0.0303. The van der Waals surface area contributed by atoms with Gasteiger partial charge in [0.05, 0.1) is 35.5 Å². The molecule has 15 nitrogen and oxygen atoms in total. The van der Waals surface area contributed by atoms with Crippen LogP contribution in [0.1, 0.15) is 0 Å². The molecule has 5 heterocycles. The lowest BCUT2D eigenvalue weighted by molar-refractivity contribution is 0.417. The maximum atomic E-state index is 6.36. The highest BCUT2D eigenvalue weighted by atomic mass is 16.5. The summed E-state index contributed by atoms with van der Waals surface area (Å²) in [6.45, 7) is 0. The van der Waals surface area contributed by atoms with Gasteiger partial charge >= 0.3 is 0 Å². The van der Waals surface area contributed by atoms with Crippen LogP contribution in [0.25, 0.3) is 89.7 Å². The Hall–Kier alpha value is -7.16. The average molecular weight is 635 g/mol. The molecule has 15 heteroatoms. The molecule has 2 aliphatic heterocycles. The molecule has 0 radical (unpaired) electrons. The Morgan fingerprint density at radius 1 is 0.438 bits per heavy atom. The van der Waals surface area contributed by atoms with Gasteiger partial charge in [0.15, 0.2) is 23.3 Å². The van der Waals surface area contributed by atoms with Crippen molar-refractivity contribution in [3.63, 3.8) is 0 Å². The molecule has 0 amide bonds. The second-order valence-corrected chi connectivity index (χ2v) is 11.6. The van der Waals surface area contributed by atoms with E-state index >= 15 is 0 Å². The molecule has 0 saturated carbocycles. The largest absolute Gasteiger partial charge is 0.495 e. The van der Waals surface area contributed by atoms with Gasteiger partial charge in [0.2, 0.25) is 0 Å². The zero-order chi connectivity index (χ0) is 33.0. The first kappa shape index (κ1) is 27.2. The van der Waals surface area contributed by atoms with Crippen LogP contribution in [0.3, 0.4) is 0 Å². The Balaban J connectivity index is 1.51. The number of hydrogen-bond acceptors (Lipinski definition) is 13. The lowest BCUT2D eigenvalue weighted by atomic mass is 10.1. The summed E-state index contributed by atoms with van der Waals surface area (Å²) in [4.78, 5) is 36.3. The number of hydrogen-bond donors (Lipinski definition) is 8. The lowest BCUT2D eigenvalue weighted by Crippen LogP contribution is -1.95. The number of nitrogens with two attached hydrogens (primary N) is 6. The minimum Gasteiger partial charge on any atom is -0.495 e. The van der Waals surface area contributed by atoms with E-state index in [9.17, 15) is 0 Å². The first-order valence-electron chi connectivity index (χ1n) is 14.7. The Bertz CT molecular complexity index is 2750. The van der Waals surface area contributed by atoms with E-state index < -0.39 is 0 Å². The van der Waals surface area contributed by atoms with Crippen molar-refractivity contribution in [2.24, 2.45) is 0 Å². The number of fused-ring (bicyclic) bond motifs is 20. The minimum absolute atomic E-state index is 0.349. The number of aromatic nitrogens is 8. The van der Waals surface area contributed by atoms with Crippen LogP contribution in [0.4, 0.5) is 34.1 Å². The Labute approximate surface area is 270 Å². The number of aromatic amines is 2. The van der Waals surface area contributed by atoms with Crippen LogP contribution < -0.4 is 39.1 Å². The number of H-pyrrole nitrogens is 2. The Morgan fingerprint density at radius 2 is 0.833 bits per heavy atom. The summed E-state index contributed by atoms with van der Waals surface area (Å²) in [5.74, 6) is 1.98. The quantitative estimate of drug-likeness (QED) is 0.117. The topological polar surface area (TPSA) is 274 Å². The molecule has 234 valence electrons. The van der Waals surface area contributed by atoms with Gasteiger partial charge in [-0.05, 0) is 54.6 Å². The smallest absolute Gasteiger partial charge is 0.164 e. The molecule has 3 aromatic heterocycles. The van der Waals surface area contributed by atoms with E-state index in [4.69, 9.17) is 69.0 Å². The summed E-state index contributed by atoms with van der Waals surface area (Å²) in [6.07, 6.45) is 0. The predicted molar refractivity (Wildman–Crippen MR) is 189 cm³/mol. The van der Waals surface area contributed by atoms with E-state index in [1.165, 1.54) is 0 Å². The van der Waals surface area contributed by atoms with Crippen LogP contribution in [0.5, 0.6) is 5.75 Å². The van der Waals surface area contributed by atoms with Crippen molar-refractivity contribution >= 4 is 78.3 Å². The number of nitrogens with zero attached hydrogens (tertiary/aromatic N) is 6. The standard InChI is InChI=1S/C33H26N14O/c1-48-25-10-19-18(9-24(25)39)32-46-31-17-8-23(38)22(37)7-16(17)30(45-31)44-29-15-6-21(36)20(35)5-14(15)28(43-29)42-27-13-4-11(34)2-3-12(13)26(40-27)41-33(19)47-32/h2-10H,34-39H2,1H3,(H2,40,41,42,43,44,45,46,47). The third-order valence-electron chi connectivity index (χ3n) is 8.61. The lowest BCUT2D eigenvalue weighted by Gasteiger charge is -2.04. The number of rotatable bonds is 1. The van der Waals surface area contributed by atoms with E-state index in [0.717, 1.165) is 5.56 Å². The van der Waals surface area contributed by atoms with Crippen molar-refractivity contribution in [2.45, 2.75) is 0 Å². The normalized spacial score (nSPS) is 11.9. The molecule has 2 aliphatic rings. The summed E-state index contributed by atoms with van der Waals surface area (Å²) in [7, 11) is 1.55. The summed E-state index contributed by atoms with van der Waals surface area (Å²) in [5.41, 5.74) is 44.7. The molecule has 8 bridgehead atoms. The molecular weight excluding hydrogens is 608 g/mol. The van der Waals surface area contributed by atoms with Gasteiger partial charge in [0.1, 0.15) is 28.3 Å². The molecule has 4 aromatic carbocycles. The highest BCUT2D eigenvalue weighted by molar-refractivity contribution is 6.09. The number of nitrogen functional groups attached to an aromatic ring is 6. The first-order chi connectivity index (χ1) is 23.1. The molecule has 0 saturated heterocycles. The number of anilines is 6. The van der Waals surface area contributed by atoms with E-state index in [0.29, 0.717) is 124 Å². The second kappa shape index (κ2) is 9.43. The van der Waals surface area contributed by atoms with Crippen molar-refractivity contribution in [1.29, 1.82) is 0 Å². The Kier molecular flexibility index (Phi) is 5.34. The predicted octanol–water partition coefficient (Wildman–Crippen LogP) is 4.37. The van der Waals surface area contributed by atoms with Crippen molar-refractivity contribution in [1.82, 2.24) is 39.9 Å². The number of methoxy groups -OCH3 is 1. The second-order valence-electron chi connectivity index (χ2n) is 11.6. The van der Waals surface area contributed by atoms with Crippen LogP contribution in [0, 0.1) is 0 Å². The molecule has 14 N–H and O–H groups in total. The summed E-state index contributed by atoms with van der Waals surface area (Å²) >= 11 is 0. The minimum atomic E-state index is 0.349. The first-order valence-corrected chi connectivity index (χ1v) is 14.7.